The van der Waals surface area contributed by atoms with Gasteiger partial charge in [0.05, 0.1) is 0 Å². The number of benzene rings is 2. The Bertz CT molecular complexity index is 1170. The summed E-state index contributed by atoms with van der Waals surface area (Å²) < 4.78 is 10.1. The van der Waals surface area contributed by atoms with Gasteiger partial charge in [-0.15, -0.1) is 25.7 Å². The van der Waals surface area contributed by atoms with E-state index in [4.69, 9.17) is 35.2 Å². The molecule has 0 aliphatic rings. The van der Waals surface area contributed by atoms with E-state index in [0.29, 0.717) is 11.1 Å². The van der Waals surface area contributed by atoms with E-state index in [-0.39, 0.29) is 26.4 Å². The molecule has 2 unspecified atom stereocenters. The van der Waals surface area contributed by atoms with Crippen molar-refractivity contribution in [3.05, 3.63) is 59.7 Å². The fourth-order valence-electron chi connectivity index (χ4n) is 2.84. The van der Waals surface area contributed by atoms with Crippen molar-refractivity contribution < 1.29 is 19.7 Å². The molecule has 166 valence electrons. The smallest absolute Gasteiger partial charge is 0.213 e. The third-order valence-electron chi connectivity index (χ3n) is 4.61. The van der Waals surface area contributed by atoms with E-state index in [2.05, 4.69) is 47.4 Å². The molecule has 0 fully saturated rings. The van der Waals surface area contributed by atoms with Gasteiger partial charge in [-0.3, -0.25) is 0 Å². The number of ether oxygens (including phenoxy) is 2. The highest BCUT2D eigenvalue weighted by Gasteiger charge is 2.25. The fraction of sp³-hybridized carbons (Fsp3) is 0.200. The van der Waals surface area contributed by atoms with Crippen LogP contribution < -0.4 is 0 Å². The summed E-state index contributed by atoms with van der Waals surface area (Å²) in [5.74, 6) is 19.9. The lowest BCUT2D eigenvalue weighted by molar-refractivity contribution is 0.163. The van der Waals surface area contributed by atoms with E-state index in [1.807, 2.05) is 0 Å². The SMILES string of the molecule is C#CCOCC#CC(O)(C#C)c1ccc(-c2ccc(C(O)(C#C)C#CCOCC#C)cc2)cc1. The second-order valence-electron chi connectivity index (χ2n) is 6.86. The number of hydrogen-bond acceptors (Lipinski definition) is 4. The Kier molecular flexibility index (Phi) is 9.61. The molecule has 2 rings (SSSR count). The summed E-state index contributed by atoms with van der Waals surface area (Å²) in [5.41, 5.74) is -0.898. The Balaban J connectivity index is 2.19. The van der Waals surface area contributed by atoms with Crippen LogP contribution in [0, 0.1) is 73.1 Å². The van der Waals surface area contributed by atoms with Crippen LogP contribution in [-0.2, 0) is 20.7 Å². The number of aliphatic hydroxyl groups is 2. The van der Waals surface area contributed by atoms with Gasteiger partial charge in [0.15, 0.2) is 0 Å². The lowest BCUT2D eigenvalue weighted by Crippen LogP contribution is -2.21. The fourth-order valence-corrected chi connectivity index (χ4v) is 2.84. The van der Waals surface area contributed by atoms with Crippen molar-refractivity contribution in [2.45, 2.75) is 11.2 Å². The molecule has 2 aromatic rings. The zero-order chi connectivity index (χ0) is 24.9. The van der Waals surface area contributed by atoms with E-state index < -0.39 is 11.2 Å². The highest BCUT2D eigenvalue weighted by atomic mass is 16.5. The first-order chi connectivity index (χ1) is 16.4. The zero-order valence-electron chi connectivity index (χ0n) is 18.5. The summed E-state index contributed by atoms with van der Waals surface area (Å²) in [6, 6.07) is 14.0. The van der Waals surface area contributed by atoms with Crippen molar-refractivity contribution in [1.29, 1.82) is 0 Å². The molecule has 0 aliphatic heterocycles. The molecule has 4 heteroatoms. The predicted molar refractivity (Wildman–Crippen MR) is 132 cm³/mol. The Labute approximate surface area is 201 Å². The summed E-state index contributed by atoms with van der Waals surface area (Å²) in [4.78, 5) is 0. The van der Waals surface area contributed by atoms with Crippen LogP contribution in [0.25, 0.3) is 11.1 Å². The van der Waals surface area contributed by atoms with Crippen LogP contribution >= 0.6 is 0 Å². The van der Waals surface area contributed by atoms with Gasteiger partial charge >= 0.3 is 0 Å². The van der Waals surface area contributed by atoms with Gasteiger partial charge in [0.25, 0.3) is 0 Å². The third kappa shape index (κ3) is 6.82. The van der Waals surface area contributed by atoms with Gasteiger partial charge in [-0.2, -0.15) is 0 Å². The van der Waals surface area contributed by atoms with E-state index in [1.54, 1.807) is 48.5 Å². The Morgan fingerprint density at radius 3 is 1.24 bits per heavy atom. The Morgan fingerprint density at radius 2 is 0.941 bits per heavy atom. The Hall–Kier alpha value is -4.36. The molecular formula is C30H22O4. The molecule has 0 spiro atoms. The minimum atomic E-state index is -1.76. The van der Waals surface area contributed by atoms with Gasteiger partial charge in [-0.25, -0.2) is 0 Å². The molecule has 34 heavy (non-hydrogen) atoms. The maximum Gasteiger partial charge on any atom is 0.213 e. The average molecular weight is 447 g/mol. The van der Waals surface area contributed by atoms with Crippen LogP contribution in [-0.4, -0.2) is 36.6 Å². The molecule has 0 aliphatic carbocycles. The molecule has 0 bridgehead atoms. The zero-order valence-corrected chi connectivity index (χ0v) is 18.5. The lowest BCUT2D eigenvalue weighted by Gasteiger charge is -2.17. The number of rotatable bonds is 7. The van der Waals surface area contributed by atoms with Crippen LogP contribution in [0.15, 0.2) is 48.5 Å². The summed E-state index contributed by atoms with van der Waals surface area (Å²) >= 11 is 0. The second-order valence-corrected chi connectivity index (χ2v) is 6.86. The van der Waals surface area contributed by atoms with Crippen molar-refractivity contribution in [2.24, 2.45) is 0 Å². The highest BCUT2D eigenvalue weighted by molar-refractivity contribution is 5.65. The summed E-state index contributed by atoms with van der Waals surface area (Å²) in [5, 5.41) is 21.4. The standard InChI is InChI=1S/C30H22O4/c1-5-21-33-23-9-19-29(31,7-3)27-15-11-25(12-16-27)26-13-17-28(18-14-26)30(32,8-4)20-10-24-34-22-6-2/h1-4,11-18,31-32H,21-24H2. The van der Waals surface area contributed by atoms with E-state index in [1.165, 1.54) is 0 Å². The average Bonchev–Trinajstić information content (AvgIpc) is 2.88. The molecule has 0 saturated carbocycles. The van der Waals surface area contributed by atoms with Crippen LogP contribution in [0.2, 0.25) is 0 Å². The van der Waals surface area contributed by atoms with E-state index in [0.717, 1.165) is 11.1 Å². The van der Waals surface area contributed by atoms with Crippen LogP contribution in [0.1, 0.15) is 11.1 Å². The molecule has 2 atom stereocenters. The first-order valence-electron chi connectivity index (χ1n) is 10.1. The van der Waals surface area contributed by atoms with Crippen LogP contribution in [0.5, 0.6) is 0 Å². The van der Waals surface area contributed by atoms with Gasteiger partial charge in [-0.1, -0.05) is 84.1 Å². The minimum Gasteiger partial charge on any atom is -0.364 e. The van der Waals surface area contributed by atoms with Crippen molar-refractivity contribution in [3.8, 4) is 84.2 Å². The minimum absolute atomic E-state index is 0.0605. The Morgan fingerprint density at radius 1 is 0.588 bits per heavy atom. The van der Waals surface area contributed by atoms with Gasteiger partial charge < -0.3 is 19.7 Å². The van der Waals surface area contributed by atoms with Crippen molar-refractivity contribution >= 4 is 0 Å². The largest absolute Gasteiger partial charge is 0.364 e. The normalized spacial score (nSPS) is 13.0. The van der Waals surface area contributed by atoms with Crippen molar-refractivity contribution in [1.82, 2.24) is 0 Å². The molecule has 2 N–H and O–H groups in total. The third-order valence-corrected chi connectivity index (χ3v) is 4.61. The number of terminal acetylenes is 4. The predicted octanol–water partition coefficient (Wildman–Crippen LogP) is 2.30. The maximum atomic E-state index is 10.7. The molecule has 0 saturated heterocycles. The molecule has 0 heterocycles. The summed E-state index contributed by atoms with van der Waals surface area (Å²) in [6.45, 7) is 0.377. The monoisotopic (exact) mass is 446 g/mol. The van der Waals surface area contributed by atoms with Gasteiger partial charge in [0.2, 0.25) is 11.2 Å². The van der Waals surface area contributed by atoms with Crippen LogP contribution in [0.4, 0.5) is 0 Å². The first kappa shape index (κ1) is 25.9. The molecule has 2 aromatic carbocycles. The first-order valence-corrected chi connectivity index (χ1v) is 10.1. The van der Waals surface area contributed by atoms with Gasteiger partial charge in [0.1, 0.15) is 26.4 Å². The van der Waals surface area contributed by atoms with E-state index in [9.17, 15) is 10.2 Å². The molecular weight excluding hydrogens is 424 g/mol. The van der Waals surface area contributed by atoms with Gasteiger partial charge in [0, 0.05) is 11.1 Å². The molecule has 0 radical (unpaired) electrons. The quantitative estimate of drug-likeness (QED) is 0.506. The molecule has 0 aromatic heterocycles. The van der Waals surface area contributed by atoms with Gasteiger partial charge in [-0.05, 0) is 23.0 Å². The van der Waals surface area contributed by atoms with Crippen molar-refractivity contribution in [2.75, 3.05) is 26.4 Å². The number of hydrogen-bond donors (Lipinski definition) is 2. The van der Waals surface area contributed by atoms with Crippen molar-refractivity contribution in [3.63, 3.8) is 0 Å². The van der Waals surface area contributed by atoms with Crippen LogP contribution in [0.3, 0.4) is 0 Å². The molecule has 4 nitrogen and oxygen atoms in total. The second kappa shape index (κ2) is 12.6. The maximum absolute atomic E-state index is 10.7. The summed E-state index contributed by atoms with van der Waals surface area (Å²) in [6.07, 6.45) is 21.2. The molecule has 0 amide bonds. The van der Waals surface area contributed by atoms with E-state index >= 15 is 0 Å². The lowest BCUT2D eigenvalue weighted by atomic mass is 9.91. The summed E-state index contributed by atoms with van der Waals surface area (Å²) in [7, 11) is 0. The topological polar surface area (TPSA) is 58.9 Å². The highest BCUT2D eigenvalue weighted by Crippen LogP contribution is 2.27.